The summed E-state index contributed by atoms with van der Waals surface area (Å²) in [6, 6.07) is 12.9. The zero-order chi connectivity index (χ0) is 22.9. The fourth-order valence-corrected chi connectivity index (χ4v) is 4.33. The van der Waals surface area contributed by atoms with Crippen LogP contribution in [-0.4, -0.2) is 72.6 Å². The van der Waals surface area contributed by atoms with Gasteiger partial charge in [0.05, 0.1) is 13.2 Å². The molecule has 32 heavy (non-hydrogen) atoms. The molecule has 4 amide bonds. The summed E-state index contributed by atoms with van der Waals surface area (Å²) in [4.78, 5) is 41.7. The van der Waals surface area contributed by atoms with Gasteiger partial charge in [-0.2, -0.15) is 0 Å². The number of imide groups is 1. The maximum absolute atomic E-state index is 13.2. The first-order valence-electron chi connectivity index (χ1n) is 10.9. The largest absolute Gasteiger partial charge is 0.379 e. The first-order valence-corrected chi connectivity index (χ1v) is 10.9. The first-order chi connectivity index (χ1) is 15.2. The zero-order valence-corrected chi connectivity index (χ0v) is 18.8. The van der Waals surface area contributed by atoms with Crippen molar-refractivity contribution in [1.29, 1.82) is 0 Å². The van der Waals surface area contributed by atoms with Crippen molar-refractivity contribution in [3.63, 3.8) is 0 Å². The van der Waals surface area contributed by atoms with Crippen LogP contribution in [-0.2, 0) is 19.9 Å². The predicted molar refractivity (Wildman–Crippen MR) is 121 cm³/mol. The van der Waals surface area contributed by atoms with E-state index in [4.69, 9.17) is 4.74 Å². The number of carbonyl (C=O) groups excluding carboxylic acids is 3. The van der Waals surface area contributed by atoms with Crippen molar-refractivity contribution in [1.82, 2.24) is 20.4 Å². The molecular formula is C24H30N4O4. The highest BCUT2D eigenvalue weighted by Gasteiger charge is 2.49. The lowest BCUT2D eigenvalue weighted by atomic mass is 9.90. The highest BCUT2D eigenvalue weighted by Crippen LogP contribution is 2.31. The van der Waals surface area contributed by atoms with Gasteiger partial charge in [-0.15, -0.1) is 0 Å². The molecule has 2 heterocycles. The second-order valence-corrected chi connectivity index (χ2v) is 9.20. The molecule has 0 unspecified atom stereocenters. The van der Waals surface area contributed by atoms with Crippen molar-refractivity contribution in [3.05, 3.63) is 48.0 Å². The molecule has 2 aliphatic heterocycles. The Morgan fingerprint density at radius 2 is 1.81 bits per heavy atom. The molecule has 2 fully saturated rings. The Labute approximate surface area is 187 Å². The number of rotatable bonds is 6. The number of amides is 4. The Hall–Kier alpha value is -2.97. The number of carbonyl (C=O) groups is 3. The summed E-state index contributed by atoms with van der Waals surface area (Å²) in [6.45, 7) is 8.85. The van der Waals surface area contributed by atoms with Crippen LogP contribution in [0.2, 0.25) is 0 Å². The second-order valence-electron chi connectivity index (χ2n) is 9.20. The molecule has 0 aromatic heterocycles. The van der Waals surface area contributed by atoms with Crippen LogP contribution in [0.15, 0.2) is 42.5 Å². The van der Waals surface area contributed by atoms with Gasteiger partial charge in [0.1, 0.15) is 12.1 Å². The lowest BCUT2D eigenvalue weighted by Crippen LogP contribution is -2.56. The monoisotopic (exact) mass is 438 g/mol. The van der Waals surface area contributed by atoms with Gasteiger partial charge in [-0.3, -0.25) is 19.4 Å². The number of hydrogen-bond acceptors (Lipinski definition) is 5. The van der Waals surface area contributed by atoms with Crippen molar-refractivity contribution in [3.8, 4) is 0 Å². The molecule has 0 aliphatic carbocycles. The third-order valence-corrected chi connectivity index (χ3v) is 6.49. The Bertz CT molecular complexity index is 1050. The van der Waals surface area contributed by atoms with Gasteiger partial charge < -0.3 is 15.4 Å². The number of hydrogen-bond donors (Lipinski definition) is 2. The minimum atomic E-state index is -1.21. The van der Waals surface area contributed by atoms with E-state index in [1.165, 1.54) is 0 Å². The van der Waals surface area contributed by atoms with Gasteiger partial charge in [0.2, 0.25) is 5.91 Å². The smallest absolute Gasteiger partial charge is 0.325 e. The van der Waals surface area contributed by atoms with Crippen LogP contribution < -0.4 is 10.6 Å². The SMILES string of the molecule is CC(C)(CNC(=O)CN1C(=O)N[C@@](C)(c2ccc3ccccc3c2)C1=O)N1CCOCC1. The fraction of sp³-hybridized carbons (Fsp3) is 0.458. The summed E-state index contributed by atoms with van der Waals surface area (Å²) < 4.78 is 5.39. The molecule has 0 radical (unpaired) electrons. The Balaban J connectivity index is 1.42. The van der Waals surface area contributed by atoms with Crippen LogP contribution in [0, 0.1) is 0 Å². The highest BCUT2D eigenvalue weighted by atomic mass is 16.5. The van der Waals surface area contributed by atoms with Gasteiger partial charge in [-0.05, 0) is 43.2 Å². The summed E-state index contributed by atoms with van der Waals surface area (Å²) in [5.74, 6) is -0.794. The second kappa shape index (κ2) is 8.52. The quantitative estimate of drug-likeness (QED) is 0.672. The lowest BCUT2D eigenvalue weighted by Gasteiger charge is -2.40. The molecule has 8 nitrogen and oxygen atoms in total. The van der Waals surface area contributed by atoms with E-state index in [1.54, 1.807) is 6.92 Å². The van der Waals surface area contributed by atoms with Crippen molar-refractivity contribution < 1.29 is 19.1 Å². The number of morpholine rings is 1. The number of urea groups is 1. The summed E-state index contributed by atoms with van der Waals surface area (Å²) >= 11 is 0. The maximum Gasteiger partial charge on any atom is 0.325 e. The van der Waals surface area contributed by atoms with Gasteiger partial charge in [0.25, 0.3) is 5.91 Å². The molecular weight excluding hydrogens is 408 g/mol. The summed E-state index contributed by atoms with van der Waals surface area (Å²) in [5, 5.41) is 7.69. The molecule has 2 saturated heterocycles. The van der Waals surface area contributed by atoms with Crippen LogP contribution in [0.4, 0.5) is 4.79 Å². The van der Waals surface area contributed by atoms with Crippen LogP contribution >= 0.6 is 0 Å². The number of nitrogens with one attached hydrogen (secondary N) is 2. The molecule has 0 spiro atoms. The Kier molecular flexibility index (Phi) is 5.92. The van der Waals surface area contributed by atoms with E-state index >= 15 is 0 Å². The third-order valence-electron chi connectivity index (χ3n) is 6.49. The van der Waals surface area contributed by atoms with E-state index in [9.17, 15) is 14.4 Å². The Morgan fingerprint density at radius 1 is 1.12 bits per heavy atom. The normalized spacial score (nSPS) is 22.3. The minimum absolute atomic E-state index is 0.254. The average molecular weight is 439 g/mol. The Morgan fingerprint density at radius 3 is 2.53 bits per heavy atom. The summed E-state index contributed by atoms with van der Waals surface area (Å²) in [7, 11) is 0. The van der Waals surface area contributed by atoms with E-state index in [0.29, 0.717) is 25.3 Å². The molecule has 2 aromatic carbocycles. The van der Waals surface area contributed by atoms with Crippen LogP contribution in [0.1, 0.15) is 26.3 Å². The zero-order valence-electron chi connectivity index (χ0n) is 18.8. The topological polar surface area (TPSA) is 91.0 Å². The predicted octanol–water partition coefficient (Wildman–Crippen LogP) is 1.83. The van der Waals surface area contributed by atoms with Gasteiger partial charge in [-0.1, -0.05) is 36.4 Å². The standard InChI is InChI=1S/C24H30N4O4/c1-23(2,27-10-12-32-13-11-27)16-25-20(29)15-28-21(30)24(3,26-22(28)31)19-9-8-17-6-4-5-7-18(17)14-19/h4-9,14H,10-13,15-16H2,1-3H3,(H,25,29)(H,26,31)/t24-/m0/s1. The van der Waals surface area contributed by atoms with Crippen LogP contribution in [0.5, 0.6) is 0 Å². The van der Waals surface area contributed by atoms with E-state index in [2.05, 4.69) is 29.4 Å². The number of fused-ring (bicyclic) bond motifs is 1. The van der Waals surface area contributed by atoms with E-state index in [-0.39, 0.29) is 18.0 Å². The van der Waals surface area contributed by atoms with Gasteiger partial charge in [-0.25, -0.2) is 4.79 Å². The van der Waals surface area contributed by atoms with E-state index < -0.39 is 17.5 Å². The van der Waals surface area contributed by atoms with E-state index in [1.807, 2.05) is 42.5 Å². The first kappa shape index (κ1) is 22.2. The minimum Gasteiger partial charge on any atom is -0.379 e. The van der Waals surface area contributed by atoms with Crippen molar-refractivity contribution in [2.24, 2.45) is 0 Å². The number of ether oxygens (including phenoxy) is 1. The van der Waals surface area contributed by atoms with Crippen molar-refractivity contribution >= 4 is 28.6 Å². The van der Waals surface area contributed by atoms with Gasteiger partial charge in [0.15, 0.2) is 0 Å². The average Bonchev–Trinajstić information content (AvgIpc) is 3.02. The molecule has 0 saturated carbocycles. The van der Waals surface area contributed by atoms with Crippen molar-refractivity contribution in [2.45, 2.75) is 31.8 Å². The highest BCUT2D eigenvalue weighted by molar-refractivity contribution is 6.09. The molecule has 0 bridgehead atoms. The molecule has 2 N–H and O–H groups in total. The lowest BCUT2D eigenvalue weighted by molar-refractivity contribution is -0.135. The van der Waals surface area contributed by atoms with Gasteiger partial charge >= 0.3 is 6.03 Å². The molecule has 1 atom stereocenters. The van der Waals surface area contributed by atoms with Gasteiger partial charge in [0, 0.05) is 25.2 Å². The van der Waals surface area contributed by atoms with Crippen LogP contribution in [0.25, 0.3) is 10.8 Å². The number of benzene rings is 2. The molecule has 2 aromatic rings. The molecule has 4 rings (SSSR count). The maximum atomic E-state index is 13.2. The van der Waals surface area contributed by atoms with Crippen molar-refractivity contribution in [2.75, 3.05) is 39.4 Å². The molecule has 2 aliphatic rings. The molecule has 170 valence electrons. The van der Waals surface area contributed by atoms with Crippen LogP contribution in [0.3, 0.4) is 0 Å². The molecule has 8 heteroatoms. The van der Waals surface area contributed by atoms with E-state index in [0.717, 1.165) is 28.8 Å². The fourth-order valence-electron chi connectivity index (χ4n) is 4.33. The third kappa shape index (κ3) is 4.20. The number of nitrogens with zero attached hydrogens (tertiary/aromatic N) is 2. The summed E-state index contributed by atoms with van der Waals surface area (Å²) in [6.07, 6.45) is 0. The summed E-state index contributed by atoms with van der Waals surface area (Å²) in [5.41, 5.74) is -0.781.